The molecule has 1 aromatic rings. The molecule has 0 fully saturated rings. The molecule has 0 aliphatic heterocycles. The fourth-order valence-electron chi connectivity index (χ4n) is 0.952. The van der Waals surface area contributed by atoms with E-state index in [-0.39, 0.29) is 40.9 Å². The van der Waals surface area contributed by atoms with Crippen molar-refractivity contribution in [3.05, 3.63) is 29.3 Å². The van der Waals surface area contributed by atoms with Crippen LogP contribution in [0.15, 0.2) is 23.1 Å². The van der Waals surface area contributed by atoms with Crippen LogP contribution in [0.2, 0.25) is 0 Å². The number of hydrogen-bond acceptors (Lipinski definition) is 3. The first kappa shape index (κ1) is 13.7. The number of hydrogen-bond donors (Lipinski definition) is 2. The van der Waals surface area contributed by atoms with Crippen LogP contribution >= 0.6 is 12.6 Å². The molecular weight excluding hydrogens is 209 g/mol. The van der Waals surface area contributed by atoms with E-state index in [0.717, 1.165) is 0 Å². The SMILES string of the molecule is CC(=O)c1ccc(S)c(C(N)=O)c1.[Na+]. The Morgan fingerprint density at radius 2 is 1.93 bits per heavy atom. The molecule has 5 heteroatoms. The first-order valence-electron chi connectivity index (χ1n) is 3.66. The van der Waals surface area contributed by atoms with E-state index in [1.165, 1.54) is 13.0 Å². The van der Waals surface area contributed by atoms with Gasteiger partial charge in [0.1, 0.15) is 0 Å². The average molecular weight is 218 g/mol. The van der Waals surface area contributed by atoms with Crippen LogP contribution in [-0.2, 0) is 0 Å². The van der Waals surface area contributed by atoms with E-state index in [2.05, 4.69) is 12.6 Å². The summed E-state index contributed by atoms with van der Waals surface area (Å²) in [6.45, 7) is 1.43. The first-order chi connectivity index (χ1) is 6.02. The van der Waals surface area contributed by atoms with Gasteiger partial charge in [-0.15, -0.1) is 12.6 Å². The van der Waals surface area contributed by atoms with E-state index >= 15 is 0 Å². The molecule has 2 N–H and O–H groups in total. The van der Waals surface area contributed by atoms with Crippen molar-refractivity contribution >= 4 is 24.3 Å². The summed E-state index contributed by atoms with van der Waals surface area (Å²) in [5.74, 6) is -0.677. The topological polar surface area (TPSA) is 60.2 Å². The van der Waals surface area contributed by atoms with Gasteiger partial charge in [-0.05, 0) is 19.1 Å². The van der Waals surface area contributed by atoms with Gasteiger partial charge in [0.25, 0.3) is 0 Å². The minimum atomic E-state index is -0.576. The Hall–Kier alpha value is -0.290. The van der Waals surface area contributed by atoms with Gasteiger partial charge in [0, 0.05) is 10.5 Å². The molecule has 0 aromatic heterocycles. The number of primary amides is 1. The van der Waals surface area contributed by atoms with Crippen LogP contribution in [0.4, 0.5) is 0 Å². The molecule has 0 saturated carbocycles. The van der Waals surface area contributed by atoms with Crippen molar-refractivity contribution < 1.29 is 39.1 Å². The summed E-state index contributed by atoms with van der Waals surface area (Å²) in [7, 11) is 0. The predicted octanol–water partition coefficient (Wildman–Crippen LogP) is -1.72. The largest absolute Gasteiger partial charge is 1.00 e. The Morgan fingerprint density at radius 3 is 2.36 bits per heavy atom. The van der Waals surface area contributed by atoms with Crippen LogP contribution in [0, 0.1) is 0 Å². The second-order valence-corrected chi connectivity index (χ2v) is 3.13. The molecule has 0 radical (unpaired) electrons. The van der Waals surface area contributed by atoms with E-state index < -0.39 is 5.91 Å². The minimum Gasteiger partial charge on any atom is -0.366 e. The van der Waals surface area contributed by atoms with Gasteiger partial charge < -0.3 is 5.73 Å². The summed E-state index contributed by atoms with van der Waals surface area (Å²) in [6, 6.07) is 4.64. The maximum absolute atomic E-state index is 11.0. The molecule has 0 heterocycles. The van der Waals surface area contributed by atoms with Gasteiger partial charge in [0.05, 0.1) is 5.56 Å². The molecule has 1 amide bonds. The van der Waals surface area contributed by atoms with Crippen molar-refractivity contribution in [2.24, 2.45) is 5.73 Å². The van der Waals surface area contributed by atoms with Crippen molar-refractivity contribution in [1.82, 2.24) is 0 Å². The van der Waals surface area contributed by atoms with Gasteiger partial charge in [-0.25, -0.2) is 0 Å². The minimum absolute atomic E-state index is 0. The standard InChI is InChI=1S/C9H9NO2S.Na/c1-5(11)6-2-3-8(13)7(4-6)9(10)12;/h2-4,13H,1H3,(H2,10,12);/q;+1. The zero-order chi connectivity index (χ0) is 10.0. The second-order valence-electron chi connectivity index (χ2n) is 2.65. The summed E-state index contributed by atoms with van der Waals surface area (Å²) >= 11 is 4.04. The molecule has 1 rings (SSSR count). The third-order valence-electron chi connectivity index (χ3n) is 1.67. The first-order valence-corrected chi connectivity index (χ1v) is 4.11. The monoisotopic (exact) mass is 218 g/mol. The van der Waals surface area contributed by atoms with Gasteiger partial charge in [-0.1, -0.05) is 6.07 Å². The number of amides is 1. The number of carbonyl (C=O) groups excluding carboxylic acids is 2. The number of thiol groups is 1. The number of benzene rings is 1. The molecule has 0 atom stereocenters. The molecule has 3 nitrogen and oxygen atoms in total. The third kappa shape index (κ3) is 3.13. The Morgan fingerprint density at radius 1 is 1.36 bits per heavy atom. The van der Waals surface area contributed by atoms with Crippen molar-refractivity contribution in [2.45, 2.75) is 11.8 Å². The smallest absolute Gasteiger partial charge is 0.366 e. The molecule has 14 heavy (non-hydrogen) atoms. The summed E-state index contributed by atoms with van der Waals surface area (Å²) in [6.07, 6.45) is 0. The van der Waals surface area contributed by atoms with E-state index in [4.69, 9.17) is 5.73 Å². The zero-order valence-electron chi connectivity index (χ0n) is 8.07. The molecule has 0 unspecified atom stereocenters. The van der Waals surface area contributed by atoms with Gasteiger partial charge in [0.15, 0.2) is 5.78 Å². The van der Waals surface area contributed by atoms with Gasteiger partial charge in [0.2, 0.25) is 5.91 Å². The molecule has 0 aliphatic carbocycles. The van der Waals surface area contributed by atoms with Crippen LogP contribution in [0.25, 0.3) is 0 Å². The Kier molecular flexibility index (Phi) is 5.44. The van der Waals surface area contributed by atoms with Gasteiger partial charge in [-0.2, -0.15) is 0 Å². The molecule has 0 spiro atoms. The van der Waals surface area contributed by atoms with Crippen LogP contribution in [0.5, 0.6) is 0 Å². The number of rotatable bonds is 2. The van der Waals surface area contributed by atoms with Crippen LogP contribution < -0.4 is 35.3 Å². The Labute approximate surface area is 110 Å². The number of carbonyl (C=O) groups is 2. The van der Waals surface area contributed by atoms with Gasteiger partial charge in [-0.3, -0.25) is 9.59 Å². The van der Waals surface area contributed by atoms with Crippen molar-refractivity contribution in [1.29, 1.82) is 0 Å². The third-order valence-corrected chi connectivity index (χ3v) is 2.06. The molecule has 0 bridgehead atoms. The summed E-state index contributed by atoms with van der Waals surface area (Å²) in [5, 5.41) is 0. The molecule has 0 aliphatic rings. The summed E-state index contributed by atoms with van der Waals surface area (Å²) in [4.78, 5) is 22.3. The quantitative estimate of drug-likeness (QED) is 0.352. The van der Waals surface area contributed by atoms with Crippen LogP contribution in [0.3, 0.4) is 0 Å². The average Bonchev–Trinajstić information content (AvgIpc) is 2.04. The van der Waals surface area contributed by atoms with E-state index in [9.17, 15) is 9.59 Å². The maximum Gasteiger partial charge on any atom is 1.00 e. The normalized spacial score (nSPS) is 9.00. The zero-order valence-corrected chi connectivity index (χ0v) is 11.0. The Balaban J connectivity index is 0.00000169. The van der Waals surface area contributed by atoms with E-state index in [1.54, 1.807) is 12.1 Å². The number of ketones is 1. The van der Waals surface area contributed by atoms with Crippen molar-refractivity contribution in [3.63, 3.8) is 0 Å². The van der Waals surface area contributed by atoms with Gasteiger partial charge >= 0.3 is 29.6 Å². The Bertz CT molecular complexity index is 379. The molecule has 0 saturated heterocycles. The fraction of sp³-hybridized carbons (Fsp3) is 0.111. The fourth-order valence-corrected chi connectivity index (χ4v) is 1.20. The number of nitrogens with two attached hydrogens (primary N) is 1. The van der Waals surface area contributed by atoms with E-state index in [0.29, 0.717) is 10.5 Å². The van der Waals surface area contributed by atoms with Crippen LogP contribution in [0.1, 0.15) is 27.6 Å². The molecule has 68 valence electrons. The summed E-state index contributed by atoms with van der Waals surface area (Å²) in [5.41, 5.74) is 5.82. The van der Waals surface area contributed by atoms with E-state index in [1.807, 2.05) is 0 Å². The van der Waals surface area contributed by atoms with Crippen LogP contribution in [-0.4, -0.2) is 11.7 Å². The second kappa shape index (κ2) is 5.56. The van der Waals surface area contributed by atoms with Crippen molar-refractivity contribution in [3.8, 4) is 0 Å². The molecular formula is C9H9NNaO2S+. The number of Topliss-reactive ketones (excluding diaryl/α,β-unsaturated/α-hetero) is 1. The predicted molar refractivity (Wildman–Crippen MR) is 52.2 cm³/mol. The molecule has 1 aromatic carbocycles. The van der Waals surface area contributed by atoms with Crippen molar-refractivity contribution in [2.75, 3.05) is 0 Å². The maximum atomic E-state index is 11.0. The summed E-state index contributed by atoms with van der Waals surface area (Å²) < 4.78 is 0.